The van der Waals surface area contributed by atoms with Crippen LogP contribution in [0, 0.1) is 11.2 Å². The molecule has 0 radical (unpaired) electrons. The lowest BCUT2D eigenvalue weighted by Crippen LogP contribution is -2.27. The van der Waals surface area contributed by atoms with Gasteiger partial charge in [-0.1, -0.05) is 37.8 Å². The van der Waals surface area contributed by atoms with Gasteiger partial charge in [-0.3, -0.25) is 4.55 Å². The molecule has 0 unspecified atom stereocenters. The molecule has 1 saturated carbocycles. The Kier molecular flexibility index (Phi) is 5.98. The molecule has 5 heteroatoms. The van der Waals surface area contributed by atoms with Crippen LogP contribution in [0.25, 0.3) is 0 Å². The highest BCUT2D eigenvalue weighted by Gasteiger charge is 2.31. The summed E-state index contributed by atoms with van der Waals surface area (Å²) in [4.78, 5) is 0. The summed E-state index contributed by atoms with van der Waals surface area (Å²) in [5, 5.41) is 0. The maximum absolute atomic E-state index is 13.0. The van der Waals surface area contributed by atoms with E-state index in [0.717, 1.165) is 37.7 Å². The Labute approximate surface area is 132 Å². The van der Waals surface area contributed by atoms with Crippen molar-refractivity contribution in [3.05, 3.63) is 35.6 Å². The van der Waals surface area contributed by atoms with Crippen LogP contribution < -0.4 is 0 Å². The fourth-order valence-corrected chi connectivity index (χ4v) is 4.21. The molecule has 22 heavy (non-hydrogen) atoms. The topological polar surface area (TPSA) is 54.4 Å². The lowest BCUT2D eigenvalue weighted by atomic mass is 9.67. The van der Waals surface area contributed by atoms with Gasteiger partial charge in [-0.15, -0.1) is 0 Å². The smallest absolute Gasteiger partial charge is 0.264 e. The number of unbranched alkanes of at least 4 members (excludes halogenated alkanes) is 1. The zero-order valence-corrected chi connectivity index (χ0v) is 13.7. The zero-order valence-electron chi connectivity index (χ0n) is 12.9. The van der Waals surface area contributed by atoms with Gasteiger partial charge in [0.1, 0.15) is 5.82 Å². The van der Waals surface area contributed by atoms with Crippen molar-refractivity contribution in [3.63, 3.8) is 0 Å². The van der Waals surface area contributed by atoms with Crippen molar-refractivity contribution in [2.45, 2.75) is 57.8 Å². The summed E-state index contributed by atoms with van der Waals surface area (Å²) in [6.45, 7) is 0. The van der Waals surface area contributed by atoms with E-state index in [1.54, 1.807) is 0 Å². The first kappa shape index (κ1) is 17.4. The number of hydrogen-bond donors (Lipinski definition) is 1. The lowest BCUT2D eigenvalue weighted by Gasteiger charge is -2.38. The molecule has 1 N–H and O–H groups in total. The molecule has 1 aromatic rings. The summed E-state index contributed by atoms with van der Waals surface area (Å²) in [6.07, 6.45) is 9.19. The molecule has 1 aliphatic rings. The SMILES string of the molecule is O=S(=O)(O)CCCCC1(Cc2ccc(F)cc2)CCCCC1. The van der Waals surface area contributed by atoms with E-state index in [2.05, 4.69) is 0 Å². The van der Waals surface area contributed by atoms with Gasteiger partial charge in [0.15, 0.2) is 0 Å². The molecule has 1 fully saturated rings. The molecule has 0 heterocycles. The fourth-order valence-electron chi connectivity index (χ4n) is 3.64. The Morgan fingerprint density at radius 1 is 1.05 bits per heavy atom. The Hall–Kier alpha value is -0.940. The van der Waals surface area contributed by atoms with Gasteiger partial charge >= 0.3 is 0 Å². The average molecular weight is 328 g/mol. The molecule has 1 aliphatic carbocycles. The highest BCUT2D eigenvalue weighted by atomic mass is 32.2. The second-order valence-electron chi connectivity index (χ2n) is 6.61. The third-order valence-corrected chi connectivity index (χ3v) is 5.57. The highest BCUT2D eigenvalue weighted by Crippen LogP contribution is 2.43. The molecule has 0 aromatic heterocycles. The van der Waals surface area contributed by atoms with Gasteiger partial charge in [0, 0.05) is 0 Å². The van der Waals surface area contributed by atoms with E-state index < -0.39 is 10.1 Å². The van der Waals surface area contributed by atoms with E-state index in [4.69, 9.17) is 4.55 Å². The molecule has 0 spiro atoms. The fraction of sp³-hybridized carbons (Fsp3) is 0.647. The quantitative estimate of drug-likeness (QED) is 0.597. The van der Waals surface area contributed by atoms with Crippen LogP contribution in [0.5, 0.6) is 0 Å². The van der Waals surface area contributed by atoms with Gasteiger partial charge in [-0.05, 0) is 55.2 Å². The van der Waals surface area contributed by atoms with Crippen LogP contribution in [0.4, 0.5) is 4.39 Å². The number of benzene rings is 1. The van der Waals surface area contributed by atoms with Crippen LogP contribution in [-0.2, 0) is 16.5 Å². The molecule has 0 aliphatic heterocycles. The molecule has 1 aromatic carbocycles. The van der Waals surface area contributed by atoms with Crippen molar-refractivity contribution in [2.24, 2.45) is 5.41 Å². The summed E-state index contributed by atoms with van der Waals surface area (Å²) < 4.78 is 43.5. The van der Waals surface area contributed by atoms with E-state index >= 15 is 0 Å². The number of hydrogen-bond acceptors (Lipinski definition) is 2. The van der Waals surface area contributed by atoms with Crippen LogP contribution in [0.15, 0.2) is 24.3 Å². The van der Waals surface area contributed by atoms with Crippen LogP contribution in [-0.4, -0.2) is 18.7 Å². The number of rotatable bonds is 7. The zero-order chi connectivity index (χ0) is 16.1. The molecule has 3 nitrogen and oxygen atoms in total. The van der Waals surface area contributed by atoms with Crippen LogP contribution in [0.2, 0.25) is 0 Å². The Morgan fingerprint density at radius 3 is 2.27 bits per heavy atom. The van der Waals surface area contributed by atoms with Crippen molar-refractivity contribution in [2.75, 3.05) is 5.75 Å². The van der Waals surface area contributed by atoms with Crippen molar-refractivity contribution >= 4 is 10.1 Å². The van der Waals surface area contributed by atoms with Gasteiger partial charge in [-0.25, -0.2) is 4.39 Å². The van der Waals surface area contributed by atoms with Gasteiger partial charge in [0.05, 0.1) is 5.75 Å². The van der Waals surface area contributed by atoms with Gasteiger partial charge in [-0.2, -0.15) is 8.42 Å². The first-order valence-electron chi connectivity index (χ1n) is 8.08. The largest absolute Gasteiger partial charge is 0.286 e. The van der Waals surface area contributed by atoms with Gasteiger partial charge < -0.3 is 0 Å². The third kappa shape index (κ3) is 5.69. The van der Waals surface area contributed by atoms with Crippen molar-refractivity contribution in [1.82, 2.24) is 0 Å². The van der Waals surface area contributed by atoms with Crippen molar-refractivity contribution < 1.29 is 17.4 Å². The molecule has 0 saturated heterocycles. The minimum atomic E-state index is -3.85. The van der Waals surface area contributed by atoms with Crippen LogP contribution in [0.1, 0.15) is 56.9 Å². The predicted octanol–water partition coefficient (Wildman–Crippen LogP) is 4.38. The standard InChI is InChI=1S/C17H25FO3S/c18-16-8-6-15(7-9-16)14-17(10-2-1-3-11-17)12-4-5-13-22(19,20)21/h6-9H,1-5,10-14H2,(H,19,20,21). The summed E-state index contributed by atoms with van der Waals surface area (Å²) in [5.74, 6) is -0.366. The summed E-state index contributed by atoms with van der Waals surface area (Å²) in [6, 6.07) is 6.71. The second-order valence-corrected chi connectivity index (χ2v) is 8.18. The van der Waals surface area contributed by atoms with Crippen molar-refractivity contribution in [3.8, 4) is 0 Å². The minimum Gasteiger partial charge on any atom is -0.286 e. The maximum atomic E-state index is 13.0. The van der Waals surface area contributed by atoms with Crippen LogP contribution in [0.3, 0.4) is 0 Å². The summed E-state index contributed by atoms with van der Waals surface area (Å²) in [5.41, 5.74) is 1.35. The molecule has 0 bridgehead atoms. The molecule has 2 rings (SSSR count). The first-order valence-corrected chi connectivity index (χ1v) is 9.69. The lowest BCUT2D eigenvalue weighted by molar-refractivity contribution is 0.166. The van der Waals surface area contributed by atoms with E-state index in [9.17, 15) is 12.8 Å². The Morgan fingerprint density at radius 2 is 1.68 bits per heavy atom. The second kappa shape index (κ2) is 7.55. The predicted molar refractivity (Wildman–Crippen MR) is 85.9 cm³/mol. The minimum absolute atomic E-state index is 0.153. The molecule has 0 atom stereocenters. The molecule has 124 valence electrons. The van der Waals surface area contributed by atoms with Gasteiger partial charge in [0.2, 0.25) is 0 Å². The normalized spacial score (nSPS) is 18.3. The summed E-state index contributed by atoms with van der Waals surface area (Å²) >= 11 is 0. The molecule has 0 amide bonds. The van der Waals surface area contributed by atoms with E-state index in [1.165, 1.54) is 31.4 Å². The van der Waals surface area contributed by atoms with E-state index in [1.807, 2.05) is 12.1 Å². The van der Waals surface area contributed by atoms with Crippen LogP contribution >= 0.6 is 0 Å². The Bertz CT molecular complexity index is 560. The van der Waals surface area contributed by atoms with E-state index in [-0.39, 0.29) is 17.0 Å². The maximum Gasteiger partial charge on any atom is 0.264 e. The Balaban J connectivity index is 1.96. The molecular formula is C17H25FO3S. The first-order chi connectivity index (χ1) is 10.4. The van der Waals surface area contributed by atoms with Gasteiger partial charge in [0.25, 0.3) is 10.1 Å². The number of halogens is 1. The summed E-state index contributed by atoms with van der Waals surface area (Å²) in [7, 11) is -3.85. The van der Waals surface area contributed by atoms with Crippen molar-refractivity contribution in [1.29, 1.82) is 0 Å². The highest BCUT2D eigenvalue weighted by molar-refractivity contribution is 7.85. The monoisotopic (exact) mass is 328 g/mol. The van der Waals surface area contributed by atoms with E-state index in [0.29, 0.717) is 6.42 Å². The average Bonchev–Trinajstić information content (AvgIpc) is 2.46. The third-order valence-electron chi connectivity index (χ3n) is 4.77. The molecular weight excluding hydrogens is 303 g/mol.